The summed E-state index contributed by atoms with van der Waals surface area (Å²) >= 11 is 0. The molecule has 0 aromatic carbocycles. The van der Waals surface area contributed by atoms with Crippen molar-refractivity contribution >= 4 is 0 Å². The molecule has 2 unspecified atom stereocenters. The Kier molecular flexibility index (Phi) is 4.79. The molecule has 0 radical (unpaired) electrons. The van der Waals surface area contributed by atoms with Gasteiger partial charge >= 0.3 is 0 Å². The molecule has 2 aliphatic heterocycles. The SMILES string of the molecule is CNC(CN1C[C@@H](C)O[C@@H](C)C1)C1CCOC1. The molecule has 0 spiro atoms. The maximum atomic E-state index is 5.77. The molecular formula is C13H26N2O2. The predicted octanol–water partition coefficient (Wildman–Crippen LogP) is 0.720. The summed E-state index contributed by atoms with van der Waals surface area (Å²) in [7, 11) is 2.07. The second-order valence-electron chi connectivity index (χ2n) is 5.49. The molecule has 4 heteroatoms. The lowest BCUT2D eigenvalue weighted by molar-refractivity contribution is -0.0710. The predicted molar refractivity (Wildman–Crippen MR) is 68.2 cm³/mol. The van der Waals surface area contributed by atoms with Crippen LogP contribution in [0.4, 0.5) is 0 Å². The monoisotopic (exact) mass is 242 g/mol. The zero-order valence-corrected chi connectivity index (χ0v) is 11.3. The van der Waals surface area contributed by atoms with E-state index in [1.165, 1.54) is 6.42 Å². The minimum atomic E-state index is 0.357. The Labute approximate surface area is 105 Å². The fourth-order valence-corrected chi connectivity index (χ4v) is 3.06. The van der Waals surface area contributed by atoms with E-state index in [0.717, 1.165) is 32.8 Å². The number of morpholine rings is 1. The van der Waals surface area contributed by atoms with Gasteiger partial charge in [0.25, 0.3) is 0 Å². The fourth-order valence-electron chi connectivity index (χ4n) is 3.06. The van der Waals surface area contributed by atoms with Crippen molar-refractivity contribution in [1.82, 2.24) is 10.2 Å². The molecule has 0 bridgehead atoms. The molecule has 2 saturated heterocycles. The highest BCUT2D eigenvalue weighted by Gasteiger charge is 2.29. The number of likely N-dealkylation sites (N-methyl/N-ethyl adjacent to an activating group) is 1. The molecule has 0 saturated carbocycles. The van der Waals surface area contributed by atoms with Crippen LogP contribution in [-0.2, 0) is 9.47 Å². The fraction of sp³-hybridized carbons (Fsp3) is 1.00. The van der Waals surface area contributed by atoms with Crippen LogP contribution in [0.15, 0.2) is 0 Å². The minimum absolute atomic E-state index is 0.357. The van der Waals surface area contributed by atoms with Gasteiger partial charge in [-0.25, -0.2) is 0 Å². The first kappa shape index (κ1) is 13.3. The number of nitrogens with zero attached hydrogens (tertiary/aromatic N) is 1. The third-order valence-corrected chi connectivity index (χ3v) is 3.85. The summed E-state index contributed by atoms with van der Waals surface area (Å²) in [5.41, 5.74) is 0. The van der Waals surface area contributed by atoms with E-state index in [1.807, 2.05) is 0 Å². The Balaban J connectivity index is 1.84. The van der Waals surface area contributed by atoms with Crippen molar-refractivity contribution < 1.29 is 9.47 Å². The summed E-state index contributed by atoms with van der Waals surface area (Å²) < 4.78 is 11.3. The van der Waals surface area contributed by atoms with Crippen LogP contribution in [0.5, 0.6) is 0 Å². The number of hydrogen-bond donors (Lipinski definition) is 1. The van der Waals surface area contributed by atoms with Gasteiger partial charge in [0.1, 0.15) is 0 Å². The normalized spacial score (nSPS) is 37.2. The Morgan fingerprint density at radius 3 is 2.53 bits per heavy atom. The summed E-state index contributed by atoms with van der Waals surface area (Å²) in [6.45, 7) is 9.39. The third kappa shape index (κ3) is 3.65. The molecule has 0 amide bonds. The molecule has 2 fully saturated rings. The lowest BCUT2D eigenvalue weighted by atomic mass is 9.98. The summed E-state index contributed by atoms with van der Waals surface area (Å²) in [6, 6.07) is 0.551. The van der Waals surface area contributed by atoms with Gasteiger partial charge in [0.15, 0.2) is 0 Å². The minimum Gasteiger partial charge on any atom is -0.381 e. The van der Waals surface area contributed by atoms with Gasteiger partial charge < -0.3 is 14.8 Å². The molecule has 1 N–H and O–H groups in total. The van der Waals surface area contributed by atoms with E-state index in [9.17, 15) is 0 Å². The molecule has 17 heavy (non-hydrogen) atoms. The zero-order chi connectivity index (χ0) is 12.3. The lowest BCUT2D eigenvalue weighted by Gasteiger charge is -2.38. The molecule has 0 aliphatic carbocycles. The smallest absolute Gasteiger partial charge is 0.0678 e. The van der Waals surface area contributed by atoms with Crippen molar-refractivity contribution in [2.24, 2.45) is 5.92 Å². The van der Waals surface area contributed by atoms with Crippen LogP contribution in [0.25, 0.3) is 0 Å². The van der Waals surface area contributed by atoms with Crippen molar-refractivity contribution in [3.05, 3.63) is 0 Å². The molecule has 4 atom stereocenters. The van der Waals surface area contributed by atoms with Gasteiger partial charge in [0.2, 0.25) is 0 Å². The summed E-state index contributed by atoms with van der Waals surface area (Å²) in [6.07, 6.45) is 1.91. The van der Waals surface area contributed by atoms with E-state index >= 15 is 0 Å². The third-order valence-electron chi connectivity index (χ3n) is 3.85. The Bertz CT molecular complexity index is 221. The molecule has 100 valence electrons. The van der Waals surface area contributed by atoms with Crippen molar-refractivity contribution in [1.29, 1.82) is 0 Å². The van der Waals surface area contributed by atoms with E-state index in [2.05, 4.69) is 31.1 Å². The molecular weight excluding hydrogens is 216 g/mol. The van der Waals surface area contributed by atoms with Crippen LogP contribution in [-0.4, -0.2) is 63.0 Å². The molecule has 0 aromatic rings. The van der Waals surface area contributed by atoms with Gasteiger partial charge in [0.05, 0.1) is 18.8 Å². The second-order valence-corrected chi connectivity index (χ2v) is 5.49. The van der Waals surface area contributed by atoms with Gasteiger partial charge in [-0.1, -0.05) is 0 Å². The van der Waals surface area contributed by atoms with E-state index in [-0.39, 0.29) is 0 Å². The second kappa shape index (κ2) is 6.14. The van der Waals surface area contributed by atoms with Crippen LogP contribution in [0.2, 0.25) is 0 Å². The number of rotatable bonds is 4. The van der Waals surface area contributed by atoms with Crippen LogP contribution >= 0.6 is 0 Å². The Morgan fingerprint density at radius 1 is 1.29 bits per heavy atom. The van der Waals surface area contributed by atoms with Crippen LogP contribution < -0.4 is 5.32 Å². The highest BCUT2D eigenvalue weighted by Crippen LogP contribution is 2.19. The average molecular weight is 242 g/mol. The zero-order valence-electron chi connectivity index (χ0n) is 11.3. The first-order valence-electron chi connectivity index (χ1n) is 6.82. The van der Waals surface area contributed by atoms with Crippen molar-refractivity contribution in [2.75, 3.05) is 39.9 Å². The summed E-state index contributed by atoms with van der Waals surface area (Å²) in [5.74, 6) is 0.674. The Morgan fingerprint density at radius 2 is 2.00 bits per heavy atom. The molecule has 0 aromatic heterocycles. The quantitative estimate of drug-likeness (QED) is 0.787. The highest BCUT2D eigenvalue weighted by atomic mass is 16.5. The number of nitrogens with one attached hydrogen (secondary N) is 1. The molecule has 2 rings (SSSR count). The average Bonchev–Trinajstić information content (AvgIpc) is 2.77. The van der Waals surface area contributed by atoms with Crippen molar-refractivity contribution in [2.45, 2.75) is 38.5 Å². The molecule has 2 aliphatic rings. The van der Waals surface area contributed by atoms with Gasteiger partial charge in [-0.3, -0.25) is 4.90 Å². The van der Waals surface area contributed by atoms with Gasteiger partial charge in [-0.05, 0) is 27.3 Å². The maximum Gasteiger partial charge on any atom is 0.0678 e. The largest absolute Gasteiger partial charge is 0.381 e. The first-order chi connectivity index (χ1) is 8.19. The Hall–Kier alpha value is -0.160. The van der Waals surface area contributed by atoms with Crippen LogP contribution in [0, 0.1) is 5.92 Å². The van der Waals surface area contributed by atoms with E-state index in [0.29, 0.717) is 24.2 Å². The highest BCUT2D eigenvalue weighted by molar-refractivity contribution is 4.84. The van der Waals surface area contributed by atoms with E-state index < -0.39 is 0 Å². The van der Waals surface area contributed by atoms with Gasteiger partial charge in [-0.2, -0.15) is 0 Å². The lowest BCUT2D eigenvalue weighted by Crippen LogP contribution is -2.52. The van der Waals surface area contributed by atoms with Gasteiger partial charge in [0, 0.05) is 38.2 Å². The van der Waals surface area contributed by atoms with E-state index in [1.54, 1.807) is 0 Å². The topological polar surface area (TPSA) is 33.7 Å². The van der Waals surface area contributed by atoms with E-state index in [4.69, 9.17) is 9.47 Å². The van der Waals surface area contributed by atoms with Crippen LogP contribution in [0.3, 0.4) is 0 Å². The number of hydrogen-bond acceptors (Lipinski definition) is 4. The summed E-state index contributed by atoms with van der Waals surface area (Å²) in [4.78, 5) is 2.53. The maximum absolute atomic E-state index is 5.77. The van der Waals surface area contributed by atoms with Crippen molar-refractivity contribution in [3.8, 4) is 0 Å². The molecule has 4 nitrogen and oxygen atoms in total. The van der Waals surface area contributed by atoms with Gasteiger partial charge in [-0.15, -0.1) is 0 Å². The summed E-state index contributed by atoms with van der Waals surface area (Å²) in [5, 5.41) is 3.46. The number of ether oxygens (including phenoxy) is 2. The first-order valence-corrected chi connectivity index (χ1v) is 6.82. The standard InChI is InChI=1S/C13H26N2O2/c1-10-6-15(7-11(2)17-10)8-13(14-3)12-4-5-16-9-12/h10-14H,4-9H2,1-3H3/t10-,11+,12?,13?. The van der Waals surface area contributed by atoms with Crippen molar-refractivity contribution in [3.63, 3.8) is 0 Å². The molecule has 2 heterocycles. The van der Waals surface area contributed by atoms with Crippen LogP contribution in [0.1, 0.15) is 20.3 Å².